The van der Waals surface area contributed by atoms with Gasteiger partial charge >= 0.3 is 0 Å². The van der Waals surface area contributed by atoms with Crippen molar-refractivity contribution >= 4 is 11.6 Å². The van der Waals surface area contributed by atoms with Gasteiger partial charge in [0.1, 0.15) is 11.6 Å². The molecule has 0 bridgehead atoms. The van der Waals surface area contributed by atoms with E-state index in [4.69, 9.17) is 0 Å². The normalized spacial score (nSPS) is 6.44. The minimum absolute atomic E-state index is 0. The SMILES string of the molecule is CC(=O)CC(C)=O.[Fe].[Mn]. The van der Waals surface area contributed by atoms with Crippen LogP contribution in [0.3, 0.4) is 0 Å². The van der Waals surface area contributed by atoms with Gasteiger partial charge in [-0.25, -0.2) is 0 Å². The van der Waals surface area contributed by atoms with E-state index in [1.807, 2.05) is 0 Å². The minimum Gasteiger partial charge on any atom is -0.300 e. The van der Waals surface area contributed by atoms with E-state index in [1.54, 1.807) is 0 Å². The second-order valence-corrected chi connectivity index (χ2v) is 1.58. The van der Waals surface area contributed by atoms with Crippen LogP contribution in [0.2, 0.25) is 0 Å². The Balaban J connectivity index is -0.000000180. The summed E-state index contributed by atoms with van der Waals surface area (Å²) in [5.74, 6) is -0.125. The summed E-state index contributed by atoms with van der Waals surface area (Å²) < 4.78 is 0. The summed E-state index contributed by atoms with van der Waals surface area (Å²) in [7, 11) is 0. The van der Waals surface area contributed by atoms with Gasteiger partial charge in [-0.15, -0.1) is 0 Å². The van der Waals surface area contributed by atoms with Crippen LogP contribution in [-0.2, 0) is 43.7 Å². The van der Waals surface area contributed by atoms with Gasteiger partial charge in [0, 0.05) is 34.1 Å². The maximum Gasteiger partial charge on any atom is 0.137 e. The molecule has 0 unspecified atom stereocenters. The molecule has 4 heteroatoms. The van der Waals surface area contributed by atoms with Crippen LogP contribution in [0.15, 0.2) is 0 Å². The third-order valence-electron chi connectivity index (χ3n) is 0.498. The molecule has 0 aromatic heterocycles. The van der Waals surface area contributed by atoms with Crippen molar-refractivity contribution in [1.82, 2.24) is 0 Å². The van der Waals surface area contributed by atoms with Crippen molar-refractivity contribution in [3.05, 3.63) is 0 Å². The first-order valence-electron chi connectivity index (χ1n) is 2.12. The molecule has 0 spiro atoms. The first-order valence-corrected chi connectivity index (χ1v) is 2.12. The van der Waals surface area contributed by atoms with Gasteiger partial charge in [0.15, 0.2) is 0 Å². The fourth-order valence-corrected chi connectivity index (χ4v) is 0.351. The molecule has 1 radical (unpaired) electrons. The number of hydrogen-bond donors (Lipinski definition) is 0. The van der Waals surface area contributed by atoms with Gasteiger partial charge in [-0.1, -0.05) is 0 Å². The van der Waals surface area contributed by atoms with Gasteiger partial charge in [-0.3, -0.25) is 9.59 Å². The van der Waals surface area contributed by atoms with Crippen LogP contribution in [0.4, 0.5) is 0 Å². The number of carbonyl (C=O) groups is 2. The second-order valence-electron chi connectivity index (χ2n) is 1.58. The van der Waals surface area contributed by atoms with E-state index in [-0.39, 0.29) is 52.1 Å². The average molecular weight is 211 g/mol. The third kappa shape index (κ3) is 17.8. The molecule has 0 N–H and O–H groups in total. The first kappa shape index (κ1) is 16.2. The zero-order valence-corrected chi connectivity index (χ0v) is 7.54. The molecule has 0 atom stereocenters. The number of Topliss-reactive ketones (excluding diaryl/α,β-unsaturated/α-hetero) is 2. The second kappa shape index (κ2) is 8.38. The largest absolute Gasteiger partial charge is 0.300 e. The minimum atomic E-state index is -0.0625. The molecule has 0 saturated carbocycles. The zero-order valence-electron chi connectivity index (χ0n) is 5.26. The Morgan fingerprint density at radius 1 is 1.11 bits per heavy atom. The summed E-state index contributed by atoms with van der Waals surface area (Å²) in [6, 6.07) is 0. The molecule has 2 nitrogen and oxygen atoms in total. The van der Waals surface area contributed by atoms with E-state index >= 15 is 0 Å². The fraction of sp³-hybridized carbons (Fsp3) is 0.600. The first-order chi connectivity index (χ1) is 3.13. The standard InChI is InChI=1S/C5H8O2.Fe.Mn/c1-4(6)3-5(2)7;;/h3H2,1-2H3;;. The Morgan fingerprint density at radius 3 is 1.33 bits per heavy atom. The quantitative estimate of drug-likeness (QED) is 0.493. The Hall–Kier alpha value is 0.379. The zero-order chi connectivity index (χ0) is 5.86. The average Bonchev–Trinajstić information content (AvgIpc) is 1.27. The molecule has 9 heavy (non-hydrogen) atoms. The topological polar surface area (TPSA) is 34.1 Å². The third-order valence-corrected chi connectivity index (χ3v) is 0.498. The number of rotatable bonds is 2. The molecule has 0 aromatic carbocycles. The number of carbonyl (C=O) groups excluding carboxylic acids is 2. The fourth-order valence-electron chi connectivity index (χ4n) is 0.351. The smallest absolute Gasteiger partial charge is 0.137 e. The Bertz CT molecular complexity index is 91.1. The van der Waals surface area contributed by atoms with Crippen LogP contribution in [-0.4, -0.2) is 11.6 Å². The van der Waals surface area contributed by atoms with Gasteiger partial charge in [-0.2, -0.15) is 0 Å². The molecule has 0 aliphatic rings. The van der Waals surface area contributed by atoms with E-state index in [1.165, 1.54) is 13.8 Å². The van der Waals surface area contributed by atoms with Crippen molar-refractivity contribution in [2.75, 3.05) is 0 Å². The number of ketones is 2. The van der Waals surface area contributed by atoms with Gasteiger partial charge in [-0.05, 0) is 13.8 Å². The van der Waals surface area contributed by atoms with Crippen LogP contribution in [0.25, 0.3) is 0 Å². The van der Waals surface area contributed by atoms with Crippen LogP contribution in [0.1, 0.15) is 20.3 Å². The van der Waals surface area contributed by atoms with E-state index in [0.717, 1.165) is 0 Å². The molecule has 55 valence electrons. The molecular weight excluding hydrogens is 203 g/mol. The van der Waals surface area contributed by atoms with Crippen molar-refractivity contribution in [3.63, 3.8) is 0 Å². The van der Waals surface area contributed by atoms with Crippen LogP contribution < -0.4 is 0 Å². The van der Waals surface area contributed by atoms with Crippen molar-refractivity contribution < 1.29 is 43.7 Å². The molecular formula is C5H8FeMnO2. The Morgan fingerprint density at radius 2 is 1.33 bits per heavy atom. The monoisotopic (exact) mass is 211 g/mol. The summed E-state index contributed by atoms with van der Waals surface area (Å²) in [5, 5.41) is 0. The summed E-state index contributed by atoms with van der Waals surface area (Å²) >= 11 is 0. The van der Waals surface area contributed by atoms with Gasteiger partial charge in [0.25, 0.3) is 0 Å². The molecule has 0 heterocycles. The van der Waals surface area contributed by atoms with E-state index < -0.39 is 0 Å². The van der Waals surface area contributed by atoms with Crippen LogP contribution >= 0.6 is 0 Å². The Kier molecular flexibility index (Phi) is 15.1. The summed E-state index contributed by atoms with van der Waals surface area (Å²) in [6.07, 6.45) is 0.0833. The molecule has 0 rings (SSSR count). The van der Waals surface area contributed by atoms with Gasteiger partial charge in [0.2, 0.25) is 0 Å². The predicted octanol–water partition coefficient (Wildman–Crippen LogP) is 0.549. The molecule has 0 aliphatic heterocycles. The molecule has 0 saturated heterocycles. The molecule has 0 amide bonds. The molecule has 0 aliphatic carbocycles. The van der Waals surface area contributed by atoms with Crippen molar-refractivity contribution in [3.8, 4) is 0 Å². The van der Waals surface area contributed by atoms with Gasteiger partial charge in [0.05, 0.1) is 6.42 Å². The van der Waals surface area contributed by atoms with E-state index in [0.29, 0.717) is 0 Å². The summed E-state index contributed by atoms with van der Waals surface area (Å²) in [6.45, 7) is 2.81. The van der Waals surface area contributed by atoms with E-state index in [2.05, 4.69) is 0 Å². The van der Waals surface area contributed by atoms with Crippen molar-refractivity contribution in [1.29, 1.82) is 0 Å². The van der Waals surface area contributed by atoms with Crippen molar-refractivity contribution in [2.24, 2.45) is 0 Å². The van der Waals surface area contributed by atoms with Crippen molar-refractivity contribution in [2.45, 2.75) is 20.3 Å². The maximum atomic E-state index is 10.0. The maximum absolute atomic E-state index is 10.0. The van der Waals surface area contributed by atoms with Gasteiger partial charge < -0.3 is 0 Å². The summed E-state index contributed by atoms with van der Waals surface area (Å²) in [5.41, 5.74) is 0. The predicted molar refractivity (Wildman–Crippen MR) is 26.0 cm³/mol. The Labute approximate surface area is 75.7 Å². The molecule has 0 aromatic rings. The number of hydrogen-bond acceptors (Lipinski definition) is 2. The molecule has 0 fully saturated rings. The van der Waals surface area contributed by atoms with E-state index in [9.17, 15) is 9.59 Å². The van der Waals surface area contributed by atoms with Crippen LogP contribution in [0, 0.1) is 0 Å². The van der Waals surface area contributed by atoms with Crippen LogP contribution in [0.5, 0.6) is 0 Å². The summed E-state index contributed by atoms with van der Waals surface area (Å²) in [4.78, 5) is 20.1.